The molecule has 3 rings (SSSR count). The highest BCUT2D eigenvalue weighted by atomic mass is 32.2. The Balaban J connectivity index is 2.04. The van der Waals surface area contributed by atoms with Crippen LogP contribution in [0.1, 0.15) is 44.7 Å². The summed E-state index contributed by atoms with van der Waals surface area (Å²) in [6.07, 6.45) is -0.365. The molecule has 0 saturated carbocycles. The van der Waals surface area contributed by atoms with Gasteiger partial charge in [-0.3, -0.25) is 9.59 Å². The van der Waals surface area contributed by atoms with Gasteiger partial charge in [-0.1, -0.05) is 12.1 Å². The lowest BCUT2D eigenvalue weighted by Crippen LogP contribution is -2.50. The second-order valence-corrected chi connectivity index (χ2v) is 11.8. The zero-order chi connectivity index (χ0) is 24.1. The first-order valence-corrected chi connectivity index (χ1v) is 13.0. The van der Waals surface area contributed by atoms with Gasteiger partial charge in [0.05, 0.1) is 41.6 Å². The number of methoxy groups -OCH3 is 1. The van der Waals surface area contributed by atoms with Crippen LogP contribution in [0.4, 0.5) is 5.69 Å². The van der Waals surface area contributed by atoms with E-state index < -0.39 is 27.2 Å². The van der Waals surface area contributed by atoms with E-state index in [4.69, 9.17) is 9.47 Å². The summed E-state index contributed by atoms with van der Waals surface area (Å²) in [4.78, 5) is 27.0. The first-order valence-electron chi connectivity index (χ1n) is 10.9. The Morgan fingerprint density at radius 3 is 2.33 bits per heavy atom. The van der Waals surface area contributed by atoms with Crippen molar-refractivity contribution < 1.29 is 23.3 Å². The van der Waals surface area contributed by atoms with Crippen LogP contribution in [0.2, 0.25) is 0 Å². The number of nitrogens with zero attached hydrogens (tertiary/aromatic N) is 1. The lowest BCUT2D eigenvalue weighted by atomic mass is 9.80. The maximum atomic E-state index is 13.3. The predicted molar refractivity (Wildman–Crippen MR) is 132 cm³/mol. The van der Waals surface area contributed by atoms with Crippen molar-refractivity contribution in [2.75, 3.05) is 38.3 Å². The summed E-state index contributed by atoms with van der Waals surface area (Å²) < 4.78 is 26.2. The molecule has 7 nitrogen and oxygen atoms in total. The molecule has 0 amide bonds. The van der Waals surface area contributed by atoms with Gasteiger partial charge in [0.25, 0.3) is 0 Å². The summed E-state index contributed by atoms with van der Waals surface area (Å²) in [5.41, 5.74) is 1.67. The minimum Gasteiger partial charge on any atom is -0.469 e. The van der Waals surface area contributed by atoms with E-state index in [1.165, 1.54) is 18.4 Å². The molecule has 1 N–H and O–H groups in total. The average molecular weight is 493 g/mol. The van der Waals surface area contributed by atoms with E-state index in [-0.39, 0.29) is 18.6 Å². The van der Waals surface area contributed by atoms with Gasteiger partial charge >= 0.3 is 5.97 Å². The monoisotopic (exact) mass is 492 g/mol. The summed E-state index contributed by atoms with van der Waals surface area (Å²) in [6, 6.07) is 9.92. The Hall–Kier alpha value is -2.07. The van der Waals surface area contributed by atoms with Crippen molar-refractivity contribution in [3.63, 3.8) is 0 Å². The van der Waals surface area contributed by atoms with E-state index in [0.29, 0.717) is 13.2 Å². The van der Waals surface area contributed by atoms with Crippen LogP contribution < -0.4 is 9.62 Å². The standard InChI is InChI=1S/C24H32N2O5S2/c1-23(2,3)33(29)25-24(19-9-14-32-17-19,16-21(27)15-22(28)30-4)18-5-7-20(8-6-18)26-10-12-31-13-11-26/h5-9,14,17,25H,10-13,15-16H2,1-4H3/t24?,33-/m0/s1. The van der Waals surface area contributed by atoms with Gasteiger partial charge in [0.15, 0.2) is 0 Å². The van der Waals surface area contributed by atoms with Gasteiger partial charge in [-0.05, 0) is 60.9 Å². The number of hydrogen-bond acceptors (Lipinski definition) is 7. The maximum Gasteiger partial charge on any atom is 0.313 e. The molecule has 2 heterocycles. The molecular weight excluding hydrogens is 460 g/mol. The third-order valence-corrected chi connectivity index (χ3v) is 7.93. The Morgan fingerprint density at radius 2 is 1.79 bits per heavy atom. The number of Topliss-reactive ketones (excluding diaryl/α,β-unsaturated/α-hetero) is 1. The topological polar surface area (TPSA) is 84.9 Å². The molecule has 1 fully saturated rings. The van der Waals surface area contributed by atoms with E-state index in [1.807, 2.05) is 61.9 Å². The SMILES string of the molecule is COC(=O)CC(=O)CC(N[S@@](=O)C(C)(C)C)(c1ccc(N2CCOCC2)cc1)c1ccsc1. The van der Waals surface area contributed by atoms with Crippen molar-refractivity contribution in [1.29, 1.82) is 0 Å². The zero-order valence-electron chi connectivity index (χ0n) is 19.6. The quantitative estimate of drug-likeness (QED) is 0.427. The number of ketones is 1. The van der Waals surface area contributed by atoms with Crippen LogP contribution in [0.15, 0.2) is 41.1 Å². The van der Waals surface area contributed by atoms with Crippen molar-refractivity contribution >= 4 is 39.8 Å². The molecule has 1 unspecified atom stereocenters. The van der Waals surface area contributed by atoms with Gasteiger partial charge in [0.1, 0.15) is 12.2 Å². The molecule has 0 spiro atoms. The fourth-order valence-corrected chi connectivity index (χ4v) is 5.37. The normalized spacial score (nSPS) is 17.3. The van der Waals surface area contributed by atoms with Crippen LogP contribution in [0, 0.1) is 0 Å². The van der Waals surface area contributed by atoms with E-state index in [9.17, 15) is 13.8 Å². The van der Waals surface area contributed by atoms with Gasteiger partial charge in [-0.2, -0.15) is 11.3 Å². The summed E-state index contributed by atoms with van der Waals surface area (Å²) in [7, 11) is -0.210. The number of thiophene rings is 1. The second-order valence-electron chi connectivity index (χ2n) is 9.02. The molecule has 2 atom stereocenters. The highest BCUT2D eigenvalue weighted by molar-refractivity contribution is 7.84. The summed E-state index contributed by atoms with van der Waals surface area (Å²) >= 11 is 1.50. The Kier molecular flexibility index (Phi) is 8.44. The number of carbonyl (C=O) groups excluding carboxylic acids is 2. The van der Waals surface area contributed by atoms with Gasteiger partial charge < -0.3 is 14.4 Å². The number of hydrogen-bond donors (Lipinski definition) is 1. The van der Waals surface area contributed by atoms with Crippen LogP contribution in [0.25, 0.3) is 0 Å². The van der Waals surface area contributed by atoms with Gasteiger partial charge in [0, 0.05) is 25.2 Å². The summed E-state index contributed by atoms with van der Waals surface area (Å²) in [5, 5.41) is 3.88. The molecular formula is C24H32N2O5S2. The zero-order valence-corrected chi connectivity index (χ0v) is 21.2. The highest BCUT2D eigenvalue weighted by Gasteiger charge is 2.41. The molecule has 0 radical (unpaired) electrons. The third-order valence-electron chi connectivity index (χ3n) is 5.60. The minimum absolute atomic E-state index is 0.0302. The van der Waals surface area contributed by atoms with Crippen LogP contribution >= 0.6 is 11.3 Å². The molecule has 33 heavy (non-hydrogen) atoms. The Bertz CT molecular complexity index is 964. The molecule has 9 heteroatoms. The van der Waals surface area contributed by atoms with E-state index in [0.717, 1.165) is 29.9 Å². The molecule has 0 bridgehead atoms. The van der Waals surface area contributed by atoms with E-state index in [2.05, 4.69) is 9.62 Å². The number of benzene rings is 1. The fraction of sp³-hybridized carbons (Fsp3) is 0.500. The lowest BCUT2D eigenvalue weighted by molar-refractivity contribution is -0.143. The predicted octanol–water partition coefficient (Wildman–Crippen LogP) is 3.40. The number of nitrogens with one attached hydrogen (secondary N) is 1. The van der Waals surface area contributed by atoms with Gasteiger partial charge in [-0.15, -0.1) is 0 Å². The molecule has 0 aliphatic carbocycles. The smallest absolute Gasteiger partial charge is 0.313 e. The summed E-state index contributed by atoms with van der Waals surface area (Å²) in [5.74, 6) is -0.873. The number of anilines is 1. The highest BCUT2D eigenvalue weighted by Crippen LogP contribution is 2.37. The van der Waals surface area contributed by atoms with Crippen LogP contribution in [-0.4, -0.2) is 54.1 Å². The molecule has 1 saturated heterocycles. The Morgan fingerprint density at radius 1 is 1.12 bits per heavy atom. The van der Waals surface area contributed by atoms with E-state index in [1.54, 1.807) is 0 Å². The maximum absolute atomic E-state index is 13.3. The average Bonchev–Trinajstić information content (AvgIpc) is 3.34. The molecule has 180 valence electrons. The first-order chi connectivity index (χ1) is 15.7. The molecule has 1 aromatic heterocycles. The molecule has 1 aliphatic heterocycles. The molecule has 2 aromatic rings. The van der Waals surface area contributed by atoms with Crippen LogP contribution in [0.3, 0.4) is 0 Å². The number of carbonyl (C=O) groups is 2. The number of ether oxygens (including phenoxy) is 2. The number of esters is 1. The first kappa shape index (κ1) is 25.6. The van der Waals surface area contributed by atoms with Crippen LogP contribution in [0.5, 0.6) is 0 Å². The number of morpholine rings is 1. The third kappa shape index (κ3) is 6.29. The number of rotatable bonds is 9. The minimum atomic E-state index is -1.47. The second kappa shape index (κ2) is 10.9. The van der Waals surface area contributed by atoms with Crippen molar-refractivity contribution in [3.8, 4) is 0 Å². The Labute approximate surface area is 202 Å². The van der Waals surface area contributed by atoms with Gasteiger partial charge in [-0.25, -0.2) is 8.93 Å². The molecule has 1 aliphatic rings. The van der Waals surface area contributed by atoms with Crippen molar-refractivity contribution in [2.45, 2.75) is 43.9 Å². The molecule has 1 aromatic carbocycles. The summed E-state index contributed by atoms with van der Waals surface area (Å²) in [6.45, 7) is 8.66. The van der Waals surface area contributed by atoms with Crippen molar-refractivity contribution in [2.24, 2.45) is 0 Å². The largest absolute Gasteiger partial charge is 0.469 e. The van der Waals surface area contributed by atoms with Gasteiger partial charge in [0.2, 0.25) is 0 Å². The van der Waals surface area contributed by atoms with Crippen LogP contribution in [-0.2, 0) is 35.6 Å². The van der Waals surface area contributed by atoms with Crippen molar-refractivity contribution in [1.82, 2.24) is 4.72 Å². The fourth-order valence-electron chi connectivity index (χ4n) is 3.71. The lowest BCUT2D eigenvalue weighted by Gasteiger charge is -2.37. The van der Waals surface area contributed by atoms with Crippen molar-refractivity contribution in [3.05, 3.63) is 52.2 Å². The van der Waals surface area contributed by atoms with E-state index >= 15 is 0 Å².